The van der Waals surface area contributed by atoms with Crippen molar-refractivity contribution in [2.24, 2.45) is 5.10 Å². The second-order valence-corrected chi connectivity index (χ2v) is 10.4. The first kappa shape index (κ1) is 30.8. The van der Waals surface area contributed by atoms with Gasteiger partial charge in [0.15, 0.2) is 18.1 Å². The number of benzene rings is 4. The van der Waals surface area contributed by atoms with E-state index in [1.807, 2.05) is 0 Å². The van der Waals surface area contributed by atoms with Gasteiger partial charge >= 0.3 is 5.69 Å². The number of anilines is 1. The normalized spacial score (nSPS) is 11.2. The Morgan fingerprint density at radius 1 is 1.02 bits per heavy atom. The number of halogens is 1. The van der Waals surface area contributed by atoms with Crippen molar-refractivity contribution in [3.05, 3.63) is 116 Å². The molecule has 0 bridgehead atoms. The van der Waals surface area contributed by atoms with Crippen LogP contribution in [0.2, 0.25) is 5.02 Å². The molecule has 6 aromatic rings. The first-order chi connectivity index (χ1) is 22.7. The molecule has 0 saturated heterocycles. The van der Waals surface area contributed by atoms with Gasteiger partial charge in [-0.25, -0.2) is 4.98 Å². The van der Waals surface area contributed by atoms with Crippen LogP contribution in [0.5, 0.6) is 17.2 Å². The molecule has 0 saturated carbocycles. The molecule has 236 valence electrons. The smallest absolute Gasteiger partial charge is 0.315 e. The van der Waals surface area contributed by atoms with Crippen LogP contribution in [0.4, 0.5) is 11.4 Å². The summed E-state index contributed by atoms with van der Waals surface area (Å²) in [6, 6.07) is 22.8. The van der Waals surface area contributed by atoms with Crippen LogP contribution in [0.1, 0.15) is 5.56 Å². The van der Waals surface area contributed by atoms with Crippen LogP contribution in [0.25, 0.3) is 33.5 Å². The number of hydrogen-bond acceptors (Lipinski definition) is 10. The number of hydrogen-bond donors (Lipinski definition) is 1. The third-order valence-corrected chi connectivity index (χ3v) is 7.24. The van der Waals surface area contributed by atoms with Crippen molar-refractivity contribution in [3.8, 4) is 28.8 Å². The van der Waals surface area contributed by atoms with Gasteiger partial charge in [-0.3, -0.25) is 19.7 Å². The monoisotopic (exact) mass is 653 g/mol. The van der Waals surface area contributed by atoms with E-state index < -0.39 is 28.7 Å². The lowest BCUT2D eigenvalue weighted by atomic mass is 10.2. The van der Waals surface area contributed by atoms with Crippen LogP contribution in [-0.2, 0) is 4.79 Å². The lowest BCUT2D eigenvalue weighted by molar-refractivity contribution is -0.385. The molecule has 0 unspecified atom stereocenters. The molecule has 0 spiro atoms. The topological polar surface area (TPSA) is 160 Å². The summed E-state index contributed by atoms with van der Waals surface area (Å²) < 4.78 is 23.5. The first-order valence-corrected chi connectivity index (χ1v) is 14.3. The highest BCUT2D eigenvalue weighted by molar-refractivity contribution is 6.30. The number of ether oxygens (including phenoxy) is 3. The summed E-state index contributed by atoms with van der Waals surface area (Å²) >= 11 is 5.88. The predicted octanol–water partition coefficient (Wildman–Crippen LogP) is 6.29. The number of carbonyl (C=O) groups excluding carboxylic acids is 1. The van der Waals surface area contributed by atoms with Gasteiger partial charge in [-0.2, -0.15) is 9.78 Å². The van der Waals surface area contributed by atoms with E-state index in [-0.39, 0.29) is 28.6 Å². The molecule has 1 amide bonds. The minimum atomic E-state index is -0.677. The lowest BCUT2D eigenvalue weighted by Gasteiger charge is -2.12. The van der Waals surface area contributed by atoms with Gasteiger partial charge < -0.3 is 23.9 Å². The lowest BCUT2D eigenvalue weighted by Crippen LogP contribution is -2.21. The van der Waals surface area contributed by atoms with Crippen LogP contribution in [0, 0.1) is 10.1 Å². The Balaban J connectivity index is 1.37. The van der Waals surface area contributed by atoms with E-state index in [2.05, 4.69) is 15.4 Å². The summed E-state index contributed by atoms with van der Waals surface area (Å²) in [6.45, 7) is -0.545. The minimum absolute atomic E-state index is 0.0338. The first-order valence-electron chi connectivity index (χ1n) is 13.9. The van der Waals surface area contributed by atoms with Gasteiger partial charge in [-0.05, 0) is 60.7 Å². The molecule has 0 aliphatic heterocycles. The second-order valence-electron chi connectivity index (χ2n) is 9.97. The Bertz CT molecular complexity index is 2250. The molecule has 2 heterocycles. The van der Waals surface area contributed by atoms with Gasteiger partial charge in [-0.15, -0.1) is 0 Å². The van der Waals surface area contributed by atoms with Crippen LogP contribution >= 0.6 is 11.6 Å². The van der Waals surface area contributed by atoms with Crippen LogP contribution in [0.3, 0.4) is 0 Å². The van der Waals surface area contributed by atoms with Crippen molar-refractivity contribution in [3.63, 3.8) is 0 Å². The Morgan fingerprint density at radius 2 is 1.79 bits per heavy atom. The molecule has 47 heavy (non-hydrogen) atoms. The van der Waals surface area contributed by atoms with E-state index in [9.17, 15) is 19.7 Å². The average molecular weight is 654 g/mol. The molecule has 0 aliphatic rings. The maximum atomic E-state index is 13.7. The predicted molar refractivity (Wildman–Crippen MR) is 176 cm³/mol. The Kier molecular flexibility index (Phi) is 8.54. The Labute approximate surface area is 270 Å². The van der Waals surface area contributed by atoms with Crippen LogP contribution in [-0.4, -0.2) is 47.5 Å². The number of carbonyl (C=O) groups is 1. The number of aromatic nitrogens is 2. The van der Waals surface area contributed by atoms with Gasteiger partial charge in [0.05, 0.1) is 41.6 Å². The van der Waals surface area contributed by atoms with E-state index in [0.717, 1.165) is 4.68 Å². The molecular weight excluding hydrogens is 630 g/mol. The number of para-hydroxylation sites is 1. The fourth-order valence-corrected chi connectivity index (χ4v) is 4.95. The third-order valence-electron chi connectivity index (χ3n) is 6.99. The van der Waals surface area contributed by atoms with Gasteiger partial charge in [0.2, 0.25) is 11.6 Å². The quantitative estimate of drug-likeness (QED) is 0.102. The van der Waals surface area contributed by atoms with E-state index >= 15 is 0 Å². The average Bonchev–Trinajstić information content (AvgIpc) is 3.52. The zero-order chi connectivity index (χ0) is 33.1. The zero-order valence-electron chi connectivity index (χ0n) is 24.8. The molecular formula is C33H24ClN5O8. The number of nitrogens with one attached hydrogen (secondary N) is 1. The fourth-order valence-electron chi connectivity index (χ4n) is 4.82. The third kappa shape index (κ3) is 6.32. The number of nitro benzene ring substituents is 1. The molecule has 2 aromatic heterocycles. The Hall–Kier alpha value is -6.21. The van der Waals surface area contributed by atoms with E-state index in [4.69, 9.17) is 30.2 Å². The molecule has 4 aromatic carbocycles. The largest absolute Gasteiger partial charge is 0.496 e. The standard InChI is InChI=1S/C33H24ClN5O8/c1-44-26-8-5-9-27-23(26)16-29(47-27)32-37-24-7-4-3-6-22(24)33(41)38(32)35-17-19-14-25(39(42)43)31(28(15-19)45-2)46-18-30(40)36-21-12-10-20(34)11-13-21/h3-17H,18H2,1-2H3,(H,36,40). The summed E-state index contributed by atoms with van der Waals surface area (Å²) in [4.78, 5) is 42.2. The SMILES string of the molecule is COc1cc(C=Nn2c(-c3cc4c(OC)cccc4o3)nc3ccccc3c2=O)cc([N+](=O)[O-])c1OCC(=O)Nc1ccc(Cl)cc1. The molecule has 14 heteroatoms. The van der Waals surface area contributed by atoms with Gasteiger partial charge in [0, 0.05) is 22.3 Å². The van der Waals surface area contributed by atoms with E-state index in [1.54, 1.807) is 72.8 Å². The van der Waals surface area contributed by atoms with Crippen molar-refractivity contribution in [1.29, 1.82) is 0 Å². The number of furan rings is 1. The van der Waals surface area contributed by atoms with Crippen LogP contribution < -0.4 is 25.1 Å². The van der Waals surface area contributed by atoms with Crippen molar-refractivity contribution in [2.45, 2.75) is 0 Å². The summed E-state index contributed by atoms with van der Waals surface area (Å²) in [5, 5.41) is 20.5. The number of rotatable bonds is 10. The second kappa shape index (κ2) is 13.0. The van der Waals surface area contributed by atoms with E-state index in [0.29, 0.717) is 38.3 Å². The molecule has 0 aliphatic carbocycles. The maximum absolute atomic E-state index is 13.7. The zero-order valence-corrected chi connectivity index (χ0v) is 25.6. The fraction of sp³-hybridized carbons (Fsp3) is 0.0909. The van der Waals surface area contributed by atoms with E-state index in [1.165, 1.54) is 32.6 Å². The molecule has 0 radical (unpaired) electrons. The highest BCUT2D eigenvalue weighted by Gasteiger charge is 2.24. The highest BCUT2D eigenvalue weighted by atomic mass is 35.5. The number of nitrogens with zero attached hydrogens (tertiary/aromatic N) is 4. The number of amides is 1. The molecule has 0 fully saturated rings. The van der Waals surface area contributed by atoms with Crippen molar-refractivity contribution >= 4 is 57.0 Å². The number of methoxy groups -OCH3 is 2. The summed E-state index contributed by atoms with van der Waals surface area (Å²) in [6.07, 6.45) is 1.25. The van der Waals surface area contributed by atoms with Gasteiger partial charge in [0.1, 0.15) is 11.3 Å². The number of nitro groups is 1. The molecule has 13 nitrogen and oxygen atoms in total. The minimum Gasteiger partial charge on any atom is -0.496 e. The molecule has 6 rings (SSSR count). The van der Waals surface area contributed by atoms with Gasteiger partial charge in [-0.1, -0.05) is 29.8 Å². The Morgan fingerprint density at radius 3 is 2.53 bits per heavy atom. The summed E-state index contributed by atoms with van der Waals surface area (Å²) in [7, 11) is 2.84. The van der Waals surface area contributed by atoms with Crippen molar-refractivity contribution in [1.82, 2.24) is 9.66 Å². The van der Waals surface area contributed by atoms with Gasteiger partial charge in [0.25, 0.3) is 11.5 Å². The molecule has 1 N–H and O–H groups in total. The summed E-state index contributed by atoms with van der Waals surface area (Å²) in [5.74, 6) is 0.0500. The molecule has 0 atom stereocenters. The maximum Gasteiger partial charge on any atom is 0.315 e. The summed E-state index contributed by atoms with van der Waals surface area (Å²) in [5.41, 5.74) is 0.612. The van der Waals surface area contributed by atoms with Crippen molar-refractivity contribution in [2.75, 3.05) is 26.1 Å². The van der Waals surface area contributed by atoms with Crippen LogP contribution in [0.15, 0.2) is 99.2 Å². The highest BCUT2D eigenvalue weighted by Crippen LogP contribution is 2.38. The number of fused-ring (bicyclic) bond motifs is 2. The van der Waals surface area contributed by atoms with Crippen molar-refractivity contribution < 1.29 is 28.3 Å².